The van der Waals surface area contributed by atoms with E-state index in [9.17, 15) is 0 Å². The summed E-state index contributed by atoms with van der Waals surface area (Å²) in [5, 5.41) is 0. The van der Waals surface area contributed by atoms with E-state index in [1.165, 1.54) is 70.6 Å². The Morgan fingerprint density at radius 1 is 0.800 bits per heavy atom. The lowest BCUT2D eigenvalue weighted by atomic mass is 10.0. The number of hydrogen-bond acceptors (Lipinski definition) is 2. The van der Waals surface area contributed by atoms with Crippen molar-refractivity contribution in [2.24, 2.45) is 0 Å². The maximum atomic E-state index is 5.41. The van der Waals surface area contributed by atoms with Gasteiger partial charge in [-0.2, -0.15) is 0 Å². The smallest absolute Gasteiger partial charge is 0.0605 e. The highest BCUT2D eigenvalue weighted by Gasteiger charge is 2.03. The Balaban J connectivity index is 3.11. The van der Waals surface area contributed by atoms with Crippen LogP contribution in [0.1, 0.15) is 77.0 Å². The van der Waals surface area contributed by atoms with Crippen LogP contribution in [-0.2, 0) is 9.47 Å². The van der Waals surface area contributed by atoms with E-state index in [1.54, 1.807) is 14.2 Å². The zero-order chi connectivity index (χ0) is 14.9. The highest BCUT2D eigenvalue weighted by Crippen LogP contribution is 2.14. The van der Waals surface area contributed by atoms with Gasteiger partial charge >= 0.3 is 0 Å². The van der Waals surface area contributed by atoms with Crippen molar-refractivity contribution in [3.8, 4) is 0 Å². The van der Waals surface area contributed by atoms with Gasteiger partial charge in [-0.15, -0.1) is 6.58 Å². The predicted octanol–water partition coefficient (Wildman–Crippen LogP) is 5.52. The lowest BCUT2D eigenvalue weighted by Gasteiger charge is -2.12. The Morgan fingerprint density at radius 3 is 1.75 bits per heavy atom. The van der Waals surface area contributed by atoms with Crippen LogP contribution >= 0.6 is 0 Å². The van der Waals surface area contributed by atoms with Crippen molar-refractivity contribution in [3.63, 3.8) is 0 Å². The van der Waals surface area contributed by atoms with E-state index in [4.69, 9.17) is 9.47 Å². The second-order valence-corrected chi connectivity index (χ2v) is 5.70. The first-order valence-electron chi connectivity index (χ1n) is 8.47. The molecular formula is C18H36O2. The summed E-state index contributed by atoms with van der Waals surface area (Å²) in [4.78, 5) is 0. The highest BCUT2D eigenvalue weighted by atomic mass is 16.5. The maximum Gasteiger partial charge on any atom is 0.0605 e. The average molecular weight is 284 g/mol. The fourth-order valence-corrected chi connectivity index (χ4v) is 2.55. The minimum Gasteiger partial charge on any atom is -0.385 e. The molecular weight excluding hydrogens is 248 g/mol. The Labute approximate surface area is 126 Å². The first-order valence-corrected chi connectivity index (χ1v) is 8.47. The van der Waals surface area contributed by atoms with E-state index < -0.39 is 0 Å². The van der Waals surface area contributed by atoms with Crippen molar-refractivity contribution in [2.45, 2.75) is 83.2 Å². The van der Waals surface area contributed by atoms with E-state index in [2.05, 4.69) is 6.58 Å². The molecule has 0 saturated carbocycles. The molecule has 2 heteroatoms. The minimum atomic E-state index is 0.389. The van der Waals surface area contributed by atoms with Crippen LogP contribution in [0.4, 0.5) is 0 Å². The first kappa shape index (κ1) is 19.7. The Bertz CT molecular complexity index is 192. The molecule has 0 N–H and O–H groups in total. The molecule has 0 radical (unpaired) electrons. The highest BCUT2D eigenvalue weighted by molar-refractivity contribution is 4.73. The third kappa shape index (κ3) is 14.1. The third-order valence-corrected chi connectivity index (χ3v) is 3.89. The summed E-state index contributed by atoms with van der Waals surface area (Å²) in [6, 6.07) is 0. The molecule has 0 aliphatic carbocycles. The summed E-state index contributed by atoms with van der Waals surface area (Å²) in [5.74, 6) is 0. The molecule has 0 aromatic carbocycles. The molecule has 0 spiro atoms. The molecule has 120 valence electrons. The summed E-state index contributed by atoms with van der Waals surface area (Å²) >= 11 is 0. The molecule has 20 heavy (non-hydrogen) atoms. The lowest BCUT2D eigenvalue weighted by Crippen LogP contribution is -2.08. The monoisotopic (exact) mass is 284 g/mol. The van der Waals surface area contributed by atoms with Crippen LogP contribution < -0.4 is 0 Å². The molecule has 0 saturated heterocycles. The van der Waals surface area contributed by atoms with Gasteiger partial charge in [0.1, 0.15) is 0 Å². The maximum absolute atomic E-state index is 5.41. The first-order chi connectivity index (χ1) is 9.85. The number of methoxy groups -OCH3 is 2. The summed E-state index contributed by atoms with van der Waals surface area (Å²) in [6.45, 7) is 4.70. The van der Waals surface area contributed by atoms with Crippen LogP contribution in [0, 0.1) is 0 Å². The fourth-order valence-electron chi connectivity index (χ4n) is 2.55. The third-order valence-electron chi connectivity index (χ3n) is 3.89. The number of hydrogen-bond donors (Lipinski definition) is 0. The van der Waals surface area contributed by atoms with Gasteiger partial charge in [0.05, 0.1) is 6.10 Å². The van der Waals surface area contributed by atoms with Crippen molar-refractivity contribution in [1.82, 2.24) is 0 Å². The van der Waals surface area contributed by atoms with Crippen LogP contribution in [0.25, 0.3) is 0 Å². The molecule has 0 aliphatic heterocycles. The second kappa shape index (κ2) is 16.7. The Morgan fingerprint density at radius 2 is 1.30 bits per heavy atom. The van der Waals surface area contributed by atoms with Crippen LogP contribution in [0.15, 0.2) is 12.7 Å². The zero-order valence-electron chi connectivity index (χ0n) is 13.9. The molecule has 1 atom stereocenters. The summed E-state index contributed by atoms with van der Waals surface area (Å²) < 4.78 is 10.5. The summed E-state index contributed by atoms with van der Waals surface area (Å²) in [5.41, 5.74) is 0. The van der Waals surface area contributed by atoms with Crippen molar-refractivity contribution in [3.05, 3.63) is 12.7 Å². The van der Waals surface area contributed by atoms with E-state index in [0.29, 0.717) is 6.10 Å². The molecule has 1 unspecified atom stereocenters. The molecule has 0 rings (SSSR count). The SMILES string of the molecule is C=CCC(CCCCCCCCCCCCOC)OC. The van der Waals surface area contributed by atoms with Crippen LogP contribution in [0.5, 0.6) is 0 Å². The summed E-state index contributed by atoms with van der Waals surface area (Å²) in [6.07, 6.45) is 18.1. The van der Waals surface area contributed by atoms with Gasteiger partial charge in [-0.05, 0) is 19.3 Å². The Kier molecular flexibility index (Phi) is 16.4. The van der Waals surface area contributed by atoms with E-state index in [1.807, 2.05) is 6.08 Å². The summed E-state index contributed by atoms with van der Waals surface area (Å²) in [7, 11) is 3.59. The Hall–Kier alpha value is -0.340. The lowest BCUT2D eigenvalue weighted by molar-refractivity contribution is 0.0953. The van der Waals surface area contributed by atoms with Crippen molar-refractivity contribution >= 4 is 0 Å². The standard InChI is InChI=1S/C18H36O2/c1-4-15-18(20-3)16-13-11-9-7-5-6-8-10-12-14-17-19-2/h4,18H,1,5-17H2,2-3H3. The van der Waals surface area contributed by atoms with Gasteiger partial charge in [-0.3, -0.25) is 0 Å². The number of rotatable bonds is 16. The van der Waals surface area contributed by atoms with Gasteiger partial charge in [-0.25, -0.2) is 0 Å². The van der Waals surface area contributed by atoms with Gasteiger partial charge in [0.15, 0.2) is 0 Å². The number of unbranched alkanes of at least 4 members (excludes halogenated alkanes) is 9. The van der Waals surface area contributed by atoms with E-state index >= 15 is 0 Å². The molecule has 0 aromatic rings. The zero-order valence-corrected chi connectivity index (χ0v) is 13.9. The van der Waals surface area contributed by atoms with Crippen molar-refractivity contribution < 1.29 is 9.47 Å². The molecule has 0 amide bonds. The van der Waals surface area contributed by atoms with E-state index in [0.717, 1.165) is 13.0 Å². The quantitative estimate of drug-likeness (QED) is 0.275. The van der Waals surface area contributed by atoms with Gasteiger partial charge in [0, 0.05) is 20.8 Å². The molecule has 2 nitrogen and oxygen atoms in total. The van der Waals surface area contributed by atoms with Crippen LogP contribution in [0.3, 0.4) is 0 Å². The normalized spacial score (nSPS) is 12.5. The molecule has 0 bridgehead atoms. The average Bonchev–Trinajstić information content (AvgIpc) is 2.47. The molecule has 0 aromatic heterocycles. The molecule has 0 aliphatic rings. The topological polar surface area (TPSA) is 18.5 Å². The molecule has 0 fully saturated rings. The van der Waals surface area contributed by atoms with E-state index in [-0.39, 0.29) is 0 Å². The number of ether oxygens (including phenoxy) is 2. The predicted molar refractivity (Wildman–Crippen MR) is 88.3 cm³/mol. The second-order valence-electron chi connectivity index (χ2n) is 5.70. The largest absolute Gasteiger partial charge is 0.385 e. The van der Waals surface area contributed by atoms with Crippen LogP contribution in [-0.4, -0.2) is 26.9 Å². The van der Waals surface area contributed by atoms with Crippen molar-refractivity contribution in [2.75, 3.05) is 20.8 Å². The van der Waals surface area contributed by atoms with Crippen LogP contribution in [0.2, 0.25) is 0 Å². The van der Waals surface area contributed by atoms with Gasteiger partial charge < -0.3 is 9.47 Å². The van der Waals surface area contributed by atoms with Gasteiger partial charge in [-0.1, -0.05) is 63.9 Å². The molecule has 0 heterocycles. The minimum absolute atomic E-state index is 0.389. The van der Waals surface area contributed by atoms with Gasteiger partial charge in [0.25, 0.3) is 0 Å². The van der Waals surface area contributed by atoms with Gasteiger partial charge in [0.2, 0.25) is 0 Å². The van der Waals surface area contributed by atoms with Crippen molar-refractivity contribution in [1.29, 1.82) is 0 Å². The fraction of sp³-hybridized carbons (Fsp3) is 0.889.